The summed E-state index contributed by atoms with van der Waals surface area (Å²) in [7, 11) is 0. The molecule has 2 heteroatoms. The summed E-state index contributed by atoms with van der Waals surface area (Å²) in [5.41, 5.74) is 4.82. The molecule has 0 amide bonds. The number of hydrogen-bond donors (Lipinski definition) is 0. The van der Waals surface area contributed by atoms with Gasteiger partial charge in [0.1, 0.15) is 0 Å². The molecule has 1 aliphatic carbocycles. The second-order valence-corrected chi connectivity index (χ2v) is 5.74. The van der Waals surface area contributed by atoms with Gasteiger partial charge < -0.3 is 4.74 Å². The second-order valence-electron chi connectivity index (χ2n) is 4.95. The molecule has 0 saturated heterocycles. The van der Waals surface area contributed by atoms with Crippen LogP contribution in [0.5, 0.6) is 0 Å². The van der Waals surface area contributed by atoms with Crippen molar-refractivity contribution >= 4 is 36.8 Å². The largest absolute Gasteiger partial charge is 0.372 e. The van der Waals surface area contributed by atoms with Crippen LogP contribution in [0, 0.1) is 0 Å². The maximum absolute atomic E-state index is 5.72. The van der Waals surface area contributed by atoms with Crippen molar-refractivity contribution in [1.82, 2.24) is 0 Å². The van der Waals surface area contributed by atoms with Gasteiger partial charge in [0, 0.05) is 10.1 Å². The molecular formula is C17H15BrO. The first-order chi connectivity index (χ1) is 9.18. The van der Waals surface area contributed by atoms with Crippen molar-refractivity contribution in [2.45, 2.75) is 6.92 Å². The first-order valence-corrected chi connectivity index (χ1v) is 7.11. The zero-order valence-electron chi connectivity index (χ0n) is 10.9. The fourth-order valence-electron chi connectivity index (χ4n) is 2.52. The third-order valence-corrected chi connectivity index (χ3v) is 4.23. The van der Waals surface area contributed by atoms with Crippen molar-refractivity contribution in [3.63, 3.8) is 0 Å². The van der Waals surface area contributed by atoms with Gasteiger partial charge in [-0.3, -0.25) is 0 Å². The number of halogens is 1. The standard InChI is InChI=1S/C17H15BrO/c1-11(2)9-19-10-15-13-7-3-5-12-6-4-8-14(16(12)13)17(15)18/h3-8H,1,9-10H2,2H3. The average Bonchev–Trinajstić information content (AvgIpc) is 2.67. The van der Waals surface area contributed by atoms with Crippen molar-refractivity contribution in [2.75, 3.05) is 13.2 Å². The quantitative estimate of drug-likeness (QED) is 0.721. The molecule has 0 radical (unpaired) electrons. The van der Waals surface area contributed by atoms with E-state index in [0.717, 1.165) is 10.1 Å². The molecule has 0 atom stereocenters. The molecule has 2 aromatic carbocycles. The van der Waals surface area contributed by atoms with E-state index in [1.807, 2.05) is 6.92 Å². The van der Waals surface area contributed by atoms with E-state index >= 15 is 0 Å². The molecule has 1 nitrogen and oxygen atoms in total. The Kier molecular flexibility index (Phi) is 3.29. The SMILES string of the molecule is C=C(C)COCC1=C(Br)c2cccc3cccc1c23. The van der Waals surface area contributed by atoms with Crippen molar-refractivity contribution in [3.05, 3.63) is 59.7 Å². The lowest BCUT2D eigenvalue weighted by molar-refractivity contribution is 0.193. The Balaban J connectivity index is 2.01. The van der Waals surface area contributed by atoms with Crippen LogP contribution in [-0.4, -0.2) is 13.2 Å². The summed E-state index contributed by atoms with van der Waals surface area (Å²) in [5.74, 6) is 0. The lowest BCUT2D eigenvalue weighted by Crippen LogP contribution is -1.99. The molecule has 0 aliphatic heterocycles. The molecule has 0 heterocycles. The summed E-state index contributed by atoms with van der Waals surface area (Å²) in [5, 5.41) is 2.60. The van der Waals surface area contributed by atoms with Gasteiger partial charge >= 0.3 is 0 Å². The number of benzene rings is 2. The van der Waals surface area contributed by atoms with Gasteiger partial charge in [0.25, 0.3) is 0 Å². The predicted molar refractivity (Wildman–Crippen MR) is 85.3 cm³/mol. The Bertz CT molecular complexity index is 692. The Labute approximate surface area is 121 Å². The molecular weight excluding hydrogens is 300 g/mol. The average molecular weight is 315 g/mol. The third kappa shape index (κ3) is 2.15. The maximum atomic E-state index is 5.72. The summed E-state index contributed by atoms with van der Waals surface area (Å²) in [6, 6.07) is 12.8. The lowest BCUT2D eigenvalue weighted by Gasteiger charge is -2.07. The summed E-state index contributed by atoms with van der Waals surface area (Å²) >= 11 is 3.72. The minimum atomic E-state index is 0.607. The lowest BCUT2D eigenvalue weighted by atomic mass is 10.0. The predicted octanol–water partition coefficient (Wildman–Crippen LogP) is 5.01. The third-order valence-electron chi connectivity index (χ3n) is 3.33. The van der Waals surface area contributed by atoms with Crippen molar-refractivity contribution in [1.29, 1.82) is 0 Å². The van der Waals surface area contributed by atoms with Crippen molar-refractivity contribution in [2.24, 2.45) is 0 Å². The number of rotatable bonds is 4. The van der Waals surface area contributed by atoms with Gasteiger partial charge in [0.05, 0.1) is 13.2 Å². The Hall–Kier alpha value is -1.38. The molecule has 0 spiro atoms. The van der Waals surface area contributed by atoms with Crippen LogP contribution in [0.15, 0.2) is 48.6 Å². The van der Waals surface area contributed by atoms with Crippen LogP contribution in [0.25, 0.3) is 20.8 Å². The zero-order valence-corrected chi connectivity index (χ0v) is 12.5. The van der Waals surface area contributed by atoms with E-state index in [9.17, 15) is 0 Å². The molecule has 96 valence electrons. The minimum Gasteiger partial charge on any atom is -0.372 e. The second kappa shape index (κ2) is 4.95. The van der Waals surface area contributed by atoms with E-state index in [1.165, 1.54) is 27.5 Å². The summed E-state index contributed by atoms with van der Waals surface area (Å²) in [6.45, 7) is 7.06. The maximum Gasteiger partial charge on any atom is 0.0738 e. The fourth-order valence-corrected chi connectivity index (χ4v) is 3.18. The molecule has 0 fully saturated rings. The molecule has 19 heavy (non-hydrogen) atoms. The van der Waals surface area contributed by atoms with Crippen LogP contribution >= 0.6 is 15.9 Å². The Morgan fingerprint density at radius 3 is 2.53 bits per heavy atom. The van der Waals surface area contributed by atoms with Gasteiger partial charge in [-0.2, -0.15) is 0 Å². The Morgan fingerprint density at radius 2 is 1.84 bits per heavy atom. The first kappa shape index (κ1) is 12.6. The van der Waals surface area contributed by atoms with Gasteiger partial charge in [0.2, 0.25) is 0 Å². The highest BCUT2D eigenvalue weighted by Crippen LogP contribution is 2.44. The molecule has 0 bridgehead atoms. The molecule has 3 rings (SSSR count). The monoisotopic (exact) mass is 314 g/mol. The summed E-state index contributed by atoms with van der Waals surface area (Å²) < 4.78 is 6.88. The molecule has 0 saturated carbocycles. The summed E-state index contributed by atoms with van der Waals surface area (Å²) in [6.07, 6.45) is 0. The van der Waals surface area contributed by atoms with Gasteiger partial charge in [-0.15, -0.1) is 0 Å². The number of hydrogen-bond acceptors (Lipinski definition) is 1. The highest BCUT2D eigenvalue weighted by Gasteiger charge is 2.21. The van der Waals surface area contributed by atoms with Crippen LogP contribution in [0.3, 0.4) is 0 Å². The number of ether oxygens (including phenoxy) is 1. The van der Waals surface area contributed by atoms with Gasteiger partial charge in [-0.25, -0.2) is 0 Å². The van der Waals surface area contributed by atoms with Crippen molar-refractivity contribution < 1.29 is 4.74 Å². The molecule has 2 aromatic rings. The van der Waals surface area contributed by atoms with Gasteiger partial charge in [-0.1, -0.05) is 48.6 Å². The fraction of sp³-hybridized carbons (Fsp3) is 0.176. The van der Waals surface area contributed by atoms with Gasteiger partial charge in [0.15, 0.2) is 0 Å². The van der Waals surface area contributed by atoms with E-state index in [2.05, 4.69) is 58.9 Å². The van der Waals surface area contributed by atoms with Crippen molar-refractivity contribution in [3.8, 4) is 0 Å². The van der Waals surface area contributed by atoms with Crippen LogP contribution in [0.4, 0.5) is 0 Å². The minimum absolute atomic E-state index is 0.607. The highest BCUT2D eigenvalue weighted by atomic mass is 79.9. The summed E-state index contributed by atoms with van der Waals surface area (Å²) in [4.78, 5) is 0. The molecule has 0 unspecified atom stereocenters. The van der Waals surface area contributed by atoms with E-state index < -0.39 is 0 Å². The van der Waals surface area contributed by atoms with Crippen LogP contribution in [0.1, 0.15) is 18.1 Å². The van der Waals surface area contributed by atoms with Crippen LogP contribution < -0.4 is 0 Å². The Morgan fingerprint density at radius 1 is 1.16 bits per heavy atom. The van der Waals surface area contributed by atoms with E-state index in [4.69, 9.17) is 4.74 Å². The molecule has 0 aromatic heterocycles. The highest BCUT2D eigenvalue weighted by molar-refractivity contribution is 9.15. The normalized spacial score (nSPS) is 13.4. The smallest absolute Gasteiger partial charge is 0.0738 e. The molecule has 0 N–H and O–H groups in total. The molecule has 1 aliphatic rings. The van der Waals surface area contributed by atoms with Crippen LogP contribution in [-0.2, 0) is 4.74 Å². The zero-order chi connectivity index (χ0) is 13.4. The van der Waals surface area contributed by atoms with E-state index in [-0.39, 0.29) is 0 Å². The first-order valence-electron chi connectivity index (χ1n) is 6.32. The van der Waals surface area contributed by atoms with Crippen LogP contribution in [0.2, 0.25) is 0 Å². The topological polar surface area (TPSA) is 9.23 Å². The van der Waals surface area contributed by atoms with E-state index in [1.54, 1.807) is 0 Å². The van der Waals surface area contributed by atoms with Gasteiger partial charge in [-0.05, 0) is 44.8 Å². The van der Waals surface area contributed by atoms with E-state index in [0.29, 0.717) is 13.2 Å².